The summed E-state index contributed by atoms with van der Waals surface area (Å²) in [6, 6.07) is 22.2. The quantitative estimate of drug-likeness (QED) is 0.464. The van der Waals surface area contributed by atoms with Crippen molar-refractivity contribution in [3.05, 3.63) is 65.7 Å². The first kappa shape index (κ1) is 18.9. The van der Waals surface area contributed by atoms with Crippen molar-refractivity contribution in [2.75, 3.05) is 7.11 Å². The van der Waals surface area contributed by atoms with Gasteiger partial charge in [0.25, 0.3) is 0 Å². The van der Waals surface area contributed by atoms with Crippen LogP contribution in [-0.2, 0) is 11.8 Å². The zero-order chi connectivity index (χ0) is 21.0. The molecule has 4 aliphatic rings. The minimum absolute atomic E-state index is 0.319. The normalized spacial score (nSPS) is 28.6. The molecule has 0 radical (unpaired) electrons. The molecule has 4 fully saturated rings. The van der Waals surface area contributed by atoms with Crippen LogP contribution < -0.4 is 4.74 Å². The maximum atomic E-state index is 8.98. The number of ether oxygens (including phenoxy) is 1. The third-order valence-corrected chi connectivity index (χ3v) is 8.33. The summed E-state index contributed by atoms with van der Waals surface area (Å²) >= 11 is 0. The van der Waals surface area contributed by atoms with Gasteiger partial charge in [-0.1, -0.05) is 36.4 Å². The summed E-state index contributed by atoms with van der Waals surface area (Å²) in [5.74, 6) is 3.83. The van der Waals surface area contributed by atoms with Gasteiger partial charge < -0.3 is 4.74 Å². The molecule has 0 amide bonds. The predicted octanol–water partition coefficient (Wildman–Crippen LogP) is 7.05. The fourth-order valence-electron chi connectivity index (χ4n) is 7.42. The third-order valence-electron chi connectivity index (χ3n) is 8.33. The molecule has 2 nitrogen and oxygen atoms in total. The maximum absolute atomic E-state index is 8.98. The van der Waals surface area contributed by atoms with Gasteiger partial charge in [-0.3, -0.25) is 0 Å². The van der Waals surface area contributed by atoms with E-state index < -0.39 is 0 Å². The Bertz CT molecular complexity index is 1170. The highest BCUT2D eigenvalue weighted by atomic mass is 16.5. The van der Waals surface area contributed by atoms with E-state index in [0.717, 1.165) is 29.1 Å². The highest BCUT2D eigenvalue weighted by molar-refractivity contribution is 5.88. The van der Waals surface area contributed by atoms with Crippen molar-refractivity contribution >= 4 is 10.8 Å². The second-order valence-corrected chi connectivity index (χ2v) is 10.3. The Morgan fingerprint density at radius 1 is 0.839 bits per heavy atom. The Labute approximate surface area is 184 Å². The second kappa shape index (κ2) is 7.13. The number of rotatable bonds is 4. The van der Waals surface area contributed by atoms with Gasteiger partial charge in [-0.25, -0.2) is 0 Å². The smallest absolute Gasteiger partial charge is 0.122 e. The number of hydrogen-bond donors (Lipinski definition) is 0. The Kier molecular flexibility index (Phi) is 4.35. The minimum atomic E-state index is 0.319. The monoisotopic (exact) mass is 407 g/mol. The average molecular weight is 408 g/mol. The maximum Gasteiger partial charge on any atom is 0.122 e. The van der Waals surface area contributed by atoms with Gasteiger partial charge in [0.2, 0.25) is 0 Å². The van der Waals surface area contributed by atoms with Gasteiger partial charge in [-0.05, 0) is 107 Å². The standard InChI is InChI=1S/C29H29NO/c1-31-28-7-6-26(25-5-4-23-13-19(8-9-30)2-3-24(23)14-25)15-27(28)29-16-20-10-21(17-29)12-22(11-20)18-29/h2-7,13-15,20-22H,8,10-12,16-18H2,1H3. The van der Waals surface area contributed by atoms with Crippen molar-refractivity contribution in [2.45, 2.75) is 50.4 Å². The van der Waals surface area contributed by atoms with Crippen molar-refractivity contribution in [3.8, 4) is 22.9 Å². The van der Waals surface area contributed by atoms with E-state index >= 15 is 0 Å². The molecule has 4 bridgehead atoms. The van der Waals surface area contributed by atoms with Crippen LogP contribution in [0.1, 0.15) is 49.7 Å². The minimum Gasteiger partial charge on any atom is -0.496 e. The molecule has 4 aliphatic carbocycles. The van der Waals surface area contributed by atoms with Crippen molar-refractivity contribution in [1.29, 1.82) is 5.26 Å². The molecule has 2 heteroatoms. The Hall–Kier alpha value is -2.79. The van der Waals surface area contributed by atoms with Crippen LogP contribution >= 0.6 is 0 Å². The zero-order valence-electron chi connectivity index (χ0n) is 18.2. The lowest BCUT2D eigenvalue weighted by atomic mass is 9.48. The number of fused-ring (bicyclic) bond motifs is 1. The largest absolute Gasteiger partial charge is 0.496 e. The highest BCUT2D eigenvalue weighted by Crippen LogP contribution is 2.62. The molecule has 0 N–H and O–H groups in total. The molecule has 3 aromatic carbocycles. The molecule has 31 heavy (non-hydrogen) atoms. The van der Waals surface area contributed by atoms with Gasteiger partial charge in [-0.2, -0.15) is 5.26 Å². The zero-order valence-corrected chi connectivity index (χ0v) is 18.2. The fourth-order valence-corrected chi connectivity index (χ4v) is 7.42. The number of nitriles is 1. The summed E-state index contributed by atoms with van der Waals surface area (Å²) in [6.45, 7) is 0. The number of methoxy groups -OCH3 is 1. The summed E-state index contributed by atoms with van der Waals surface area (Å²) in [5, 5.41) is 11.4. The molecule has 0 spiro atoms. The summed E-state index contributed by atoms with van der Waals surface area (Å²) in [6.07, 6.45) is 8.87. The number of nitrogens with zero attached hydrogens (tertiary/aromatic N) is 1. The topological polar surface area (TPSA) is 33.0 Å². The molecule has 0 unspecified atom stereocenters. The van der Waals surface area contributed by atoms with E-state index in [1.807, 2.05) is 7.11 Å². The van der Waals surface area contributed by atoms with Crippen molar-refractivity contribution in [1.82, 2.24) is 0 Å². The number of benzene rings is 3. The van der Waals surface area contributed by atoms with Gasteiger partial charge in [0.15, 0.2) is 0 Å². The lowest BCUT2D eigenvalue weighted by molar-refractivity contribution is -0.00613. The van der Waals surface area contributed by atoms with E-state index in [1.54, 1.807) is 0 Å². The first-order valence-electron chi connectivity index (χ1n) is 11.7. The molecular weight excluding hydrogens is 378 g/mol. The van der Waals surface area contributed by atoms with E-state index in [4.69, 9.17) is 10.00 Å². The van der Waals surface area contributed by atoms with Crippen LogP contribution in [0.4, 0.5) is 0 Å². The van der Waals surface area contributed by atoms with E-state index in [9.17, 15) is 0 Å². The van der Waals surface area contributed by atoms with Crippen molar-refractivity contribution < 1.29 is 4.74 Å². The van der Waals surface area contributed by atoms with E-state index in [0.29, 0.717) is 11.8 Å². The van der Waals surface area contributed by atoms with Crippen LogP contribution in [0.3, 0.4) is 0 Å². The SMILES string of the molecule is COc1ccc(-c2ccc3cc(CC#N)ccc3c2)cc1C12CC3CC(CC(C3)C1)C2. The number of hydrogen-bond acceptors (Lipinski definition) is 2. The van der Waals surface area contributed by atoms with E-state index in [1.165, 1.54) is 66.0 Å². The molecule has 3 aromatic rings. The Balaban J connectivity index is 1.42. The highest BCUT2D eigenvalue weighted by Gasteiger charge is 2.52. The van der Waals surface area contributed by atoms with Crippen LogP contribution in [0.2, 0.25) is 0 Å². The fraction of sp³-hybridized carbons (Fsp3) is 0.414. The van der Waals surface area contributed by atoms with Crippen LogP contribution in [0.25, 0.3) is 21.9 Å². The predicted molar refractivity (Wildman–Crippen MR) is 125 cm³/mol. The van der Waals surface area contributed by atoms with Crippen LogP contribution in [0.15, 0.2) is 54.6 Å². The third kappa shape index (κ3) is 3.14. The Morgan fingerprint density at radius 2 is 1.45 bits per heavy atom. The molecule has 0 aliphatic heterocycles. The van der Waals surface area contributed by atoms with E-state index in [-0.39, 0.29) is 0 Å². The molecule has 156 valence electrons. The van der Waals surface area contributed by atoms with Crippen LogP contribution in [0.5, 0.6) is 5.75 Å². The summed E-state index contributed by atoms with van der Waals surface area (Å²) < 4.78 is 5.91. The van der Waals surface area contributed by atoms with E-state index in [2.05, 4.69) is 60.7 Å². The molecule has 7 rings (SSSR count). The van der Waals surface area contributed by atoms with Crippen LogP contribution in [0, 0.1) is 29.1 Å². The summed E-state index contributed by atoms with van der Waals surface area (Å²) in [7, 11) is 1.83. The lowest BCUT2D eigenvalue weighted by Crippen LogP contribution is -2.48. The van der Waals surface area contributed by atoms with Gasteiger partial charge in [-0.15, -0.1) is 0 Å². The summed E-state index contributed by atoms with van der Waals surface area (Å²) in [5.41, 5.74) is 5.40. The molecule has 0 heterocycles. The molecule has 0 atom stereocenters. The van der Waals surface area contributed by atoms with Crippen molar-refractivity contribution in [3.63, 3.8) is 0 Å². The first-order valence-corrected chi connectivity index (χ1v) is 11.7. The Morgan fingerprint density at radius 3 is 2.13 bits per heavy atom. The average Bonchev–Trinajstić information content (AvgIpc) is 2.77. The summed E-state index contributed by atoms with van der Waals surface area (Å²) in [4.78, 5) is 0. The first-order chi connectivity index (χ1) is 15.2. The van der Waals surface area contributed by atoms with Gasteiger partial charge in [0.1, 0.15) is 5.75 Å². The van der Waals surface area contributed by atoms with Crippen molar-refractivity contribution in [2.24, 2.45) is 17.8 Å². The second-order valence-electron chi connectivity index (χ2n) is 10.3. The molecule has 4 saturated carbocycles. The van der Waals surface area contributed by atoms with Gasteiger partial charge in [0, 0.05) is 5.56 Å². The molecule has 0 aromatic heterocycles. The van der Waals surface area contributed by atoms with Crippen LogP contribution in [-0.4, -0.2) is 7.11 Å². The molecular formula is C29H29NO. The van der Waals surface area contributed by atoms with Gasteiger partial charge in [0.05, 0.1) is 19.6 Å². The lowest BCUT2D eigenvalue weighted by Gasteiger charge is -2.57. The molecule has 0 saturated heterocycles. The van der Waals surface area contributed by atoms with Gasteiger partial charge >= 0.3 is 0 Å².